The molecule has 4 aromatic rings. The molecule has 5 rings (SSSR count). The highest BCUT2D eigenvalue weighted by molar-refractivity contribution is 7.89. The zero-order chi connectivity index (χ0) is 23.5. The number of hydrogen-bond acceptors (Lipinski definition) is 6. The summed E-state index contributed by atoms with van der Waals surface area (Å²) >= 11 is 1.64. The average Bonchev–Trinajstić information content (AvgIpc) is 3.61. The number of amides is 1. The maximum atomic E-state index is 12.9. The fourth-order valence-electron chi connectivity index (χ4n) is 4.00. The monoisotopic (exact) mass is 493 g/mol. The Morgan fingerprint density at radius 2 is 1.97 bits per heavy atom. The van der Waals surface area contributed by atoms with Gasteiger partial charge in [0.25, 0.3) is 0 Å². The van der Waals surface area contributed by atoms with Crippen LogP contribution >= 0.6 is 11.3 Å². The number of rotatable bonds is 7. The molecule has 1 aliphatic rings. The Morgan fingerprint density at radius 3 is 2.74 bits per heavy atom. The molecule has 1 fully saturated rings. The van der Waals surface area contributed by atoms with Gasteiger partial charge in [-0.05, 0) is 60.9 Å². The number of aromatic nitrogens is 1. The number of thiazole rings is 1. The Kier molecular flexibility index (Phi) is 6.32. The van der Waals surface area contributed by atoms with Gasteiger partial charge >= 0.3 is 0 Å². The van der Waals surface area contributed by atoms with Crippen LogP contribution in [-0.2, 0) is 21.4 Å². The Labute approximate surface area is 201 Å². The van der Waals surface area contributed by atoms with Gasteiger partial charge in [-0.2, -0.15) is 0 Å². The molecule has 3 heterocycles. The summed E-state index contributed by atoms with van der Waals surface area (Å²) in [7, 11) is -3.66. The van der Waals surface area contributed by atoms with E-state index in [0.29, 0.717) is 12.3 Å². The van der Waals surface area contributed by atoms with Crippen molar-refractivity contribution in [2.45, 2.75) is 30.3 Å². The molecule has 2 aromatic heterocycles. The Hall–Kier alpha value is -3.27. The number of fused-ring (bicyclic) bond motifs is 1. The van der Waals surface area contributed by atoms with Gasteiger partial charge in [-0.15, -0.1) is 11.3 Å². The lowest BCUT2D eigenvalue weighted by Gasteiger charge is -2.21. The number of hydrogen-bond donors (Lipinski definition) is 1. The molecule has 34 heavy (non-hydrogen) atoms. The van der Waals surface area contributed by atoms with Crippen molar-refractivity contribution in [2.75, 3.05) is 6.54 Å². The topological polar surface area (TPSA) is 92.5 Å². The highest BCUT2D eigenvalue weighted by Gasteiger charge is 2.31. The van der Waals surface area contributed by atoms with E-state index < -0.39 is 10.0 Å². The van der Waals surface area contributed by atoms with Crippen LogP contribution in [-0.4, -0.2) is 30.8 Å². The van der Waals surface area contributed by atoms with Crippen LogP contribution in [0.15, 0.2) is 82.3 Å². The molecule has 174 valence electrons. The van der Waals surface area contributed by atoms with E-state index in [-0.39, 0.29) is 23.4 Å². The molecule has 1 atom stereocenters. The summed E-state index contributed by atoms with van der Waals surface area (Å²) in [5.41, 5.74) is 1.71. The summed E-state index contributed by atoms with van der Waals surface area (Å²) in [4.78, 5) is 19.7. The third kappa shape index (κ3) is 4.82. The van der Waals surface area contributed by atoms with Crippen LogP contribution in [0.1, 0.15) is 35.2 Å². The van der Waals surface area contributed by atoms with E-state index in [9.17, 15) is 13.2 Å². The average molecular weight is 494 g/mol. The summed E-state index contributed by atoms with van der Waals surface area (Å²) in [5, 5.41) is 0.969. The molecule has 1 N–H and O–H groups in total. The van der Waals surface area contributed by atoms with E-state index in [2.05, 4.69) is 4.72 Å². The van der Waals surface area contributed by atoms with E-state index in [0.717, 1.165) is 33.6 Å². The van der Waals surface area contributed by atoms with Gasteiger partial charge in [-0.3, -0.25) is 4.79 Å². The second-order valence-electron chi connectivity index (χ2n) is 8.02. The maximum Gasteiger partial charge on any atom is 0.247 e. The molecule has 1 saturated heterocycles. The highest BCUT2D eigenvalue weighted by atomic mass is 32.2. The van der Waals surface area contributed by atoms with Gasteiger partial charge in [0, 0.05) is 12.6 Å². The lowest BCUT2D eigenvalue weighted by atomic mass is 10.2. The minimum atomic E-state index is -3.66. The van der Waals surface area contributed by atoms with Gasteiger partial charge in [-0.25, -0.2) is 18.1 Å². The number of carbonyl (C=O) groups excluding carboxylic acids is 1. The molecule has 0 saturated carbocycles. The smallest absolute Gasteiger partial charge is 0.247 e. The molecular formula is C25H23N3O4S2. The van der Waals surface area contributed by atoms with Gasteiger partial charge < -0.3 is 9.32 Å². The van der Waals surface area contributed by atoms with Crippen molar-refractivity contribution in [1.29, 1.82) is 0 Å². The Balaban J connectivity index is 1.25. The molecule has 7 nitrogen and oxygen atoms in total. The van der Waals surface area contributed by atoms with Gasteiger partial charge in [0.2, 0.25) is 15.9 Å². The highest BCUT2D eigenvalue weighted by Crippen LogP contribution is 2.36. The maximum absolute atomic E-state index is 12.9. The first kappa shape index (κ1) is 22.5. The minimum Gasteiger partial charge on any atom is -0.468 e. The summed E-state index contributed by atoms with van der Waals surface area (Å²) in [5.74, 6) is 0.464. The van der Waals surface area contributed by atoms with Crippen molar-refractivity contribution in [3.8, 4) is 0 Å². The molecule has 9 heteroatoms. The third-order valence-corrected chi connectivity index (χ3v) is 8.31. The second kappa shape index (κ2) is 9.54. The quantitative estimate of drug-likeness (QED) is 0.375. The van der Waals surface area contributed by atoms with Crippen LogP contribution < -0.4 is 4.72 Å². The van der Waals surface area contributed by atoms with Crippen LogP contribution in [0.25, 0.3) is 16.3 Å². The van der Waals surface area contributed by atoms with Crippen LogP contribution in [0.2, 0.25) is 0 Å². The first-order valence-electron chi connectivity index (χ1n) is 11.0. The van der Waals surface area contributed by atoms with Crippen molar-refractivity contribution in [2.24, 2.45) is 0 Å². The predicted molar refractivity (Wildman–Crippen MR) is 132 cm³/mol. The molecule has 0 spiro atoms. The van der Waals surface area contributed by atoms with Gasteiger partial charge in [0.15, 0.2) is 0 Å². The third-order valence-electron chi connectivity index (χ3n) is 5.76. The molecule has 0 radical (unpaired) electrons. The molecule has 0 bridgehead atoms. The van der Waals surface area contributed by atoms with E-state index in [1.54, 1.807) is 47.8 Å². The minimum absolute atomic E-state index is 0.0118. The van der Waals surface area contributed by atoms with Gasteiger partial charge in [0.05, 0.1) is 34.0 Å². The zero-order valence-corrected chi connectivity index (χ0v) is 19.9. The number of furan rings is 1. The SMILES string of the molecule is O=C(C=Cc1ccc(S(=O)(=O)NCc2ccco2)cc1)N1CCCC1c1nc2ccccc2s1. The molecule has 1 aliphatic heterocycles. The first-order valence-corrected chi connectivity index (χ1v) is 13.3. The number of benzene rings is 2. The van der Waals surface area contributed by atoms with Crippen LogP contribution in [0, 0.1) is 0 Å². The van der Waals surface area contributed by atoms with Crippen molar-refractivity contribution >= 4 is 43.6 Å². The van der Waals surface area contributed by atoms with Crippen molar-refractivity contribution in [3.05, 3.63) is 89.3 Å². The van der Waals surface area contributed by atoms with E-state index in [1.165, 1.54) is 18.4 Å². The van der Waals surface area contributed by atoms with E-state index in [1.807, 2.05) is 29.2 Å². The van der Waals surface area contributed by atoms with Crippen LogP contribution in [0.5, 0.6) is 0 Å². The van der Waals surface area contributed by atoms with Crippen molar-refractivity contribution in [1.82, 2.24) is 14.6 Å². The lowest BCUT2D eigenvalue weighted by Crippen LogP contribution is -2.28. The van der Waals surface area contributed by atoms with Crippen molar-refractivity contribution < 1.29 is 17.6 Å². The van der Waals surface area contributed by atoms with Crippen molar-refractivity contribution in [3.63, 3.8) is 0 Å². The number of carbonyl (C=O) groups is 1. The molecule has 0 aliphatic carbocycles. The number of para-hydroxylation sites is 1. The Bertz CT molecular complexity index is 1390. The fourth-order valence-corrected chi connectivity index (χ4v) is 6.11. The number of nitrogens with one attached hydrogen (secondary N) is 1. The summed E-state index contributed by atoms with van der Waals surface area (Å²) < 4.78 is 33.7. The molecule has 1 amide bonds. The van der Waals surface area contributed by atoms with Crippen LogP contribution in [0.3, 0.4) is 0 Å². The normalized spacial score (nSPS) is 16.6. The van der Waals surface area contributed by atoms with Gasteiger partial charge in [0.1, 0.15) is 10.8 Å². The summed E-state index contributed by atoms with van der Waals surface area (Å²) in [6, 6.07) is 17.8. The predicted octanol–water partition coefficient (Wildman–Crippen LogP) is 4.74. The first-order chi connectivity index (χ1) is 16.5. The second-order valence-corrected chi connectivity index (χ2v) is 10.8. The Morgan fingerprint density at radius 1 is 1.15 bits per heavy atom. The standard InChI is InChI=1S/C25H23N3O4S2/c29-24(28-15-3-7-22(28)25-27-21-6-1-2-8-23(21)33-25)14-11-18-9-12-20(13-10-18)34(30,31)26-17-19-5-4-16-32-19/h1-2,4-6,8-14,16,22,26H,3,7,15,17H2. The summed E-state index contributed by atoms with van der Waals surface area (Å²) in [6.45, 7) is 0.777. The molecule has 2 aromatic carbocycles. The van der Waals surface area contributed by atoms with Crippen LogP contribution in [0.4, 0.5) is 0 Å². The number of likely N-dealkylation sites (tertiary alicyclic amines) is 1. The lowest BCUT2D eigenvalue weighted by molar-refractivity contribution is -0.126. The fraction of sp³-hybridized carbons (Fsp3) is 0.200. The van der Waals surface area contributed by atoms with E-state index in [4.69, 9.17) is 9.40 Å². The summed E-state index contributed by atoms with van der Waals surface area (Å²) in [6.07, 6.45) is 6.59. The van der Waals surface area contributed by atoms with Gasteiger partial charge in [-0.1, -0.05) is 24.3 Å². The van der Waals surface area contributed by atoms with E-state index >= 15 is 0 Å². The number of nitrogens with zero attached hydrogens (tertiary/aromatic N) is 2. The molecular weight excluding hydrogens is 470 g/mol. The molecule has 1 unspecified atom stereocenters. The zero-order valence-electron chi connectivity index (χ0n) is 18.3. The number of sulfonamides is 1. The largest absolute Gasteiger partial charge is 0.468 e.